The predicted octanol–water partition coefficient (Wildman–Crippen LogP) is 1.89. The summed E-state index contributed by atoms with van der Waals surface area (Å²) in [6, 6.07) is 8.59. The molecule has 6 nitrogen and oxygen atoms in total. The second kappa shape index (κ2) is 4.06. The van der Waals surface area contributed by atoms with E-state index in [0.29, 0.717) is 17.3 Å². The van der Waals surface area contributed by atoms with E-state index in [0.717, 1.165) is 0 Å². The number of hydrogen-bond acceptors (Lipinski definition) is 5. The SMILES string of the molecule is O=C(O)c1cc(C2COc3ccccc3O2)on1. The van der Waals surface area contributed by atoms with Crippen molar-refractivity contribution in [1.82, 2.24) is 5.16 Å². The summed E-state index contributed by atoms with van der Waals surface area (Å²) >= 11 is 0. The molecule has 0 spiro atoms. The van der Waals surface area contributed by atoms with E-state index in [1.165, 1.54) is 6.07 Å². The summed E-state index contributed by atoms with van der Waals surface area (Å²) in [5.74, 6) is 0.456. The van der Waals surface area contributed by atoms with Gasteiger partial charge in [-0.3, -0.25) is 0 Å². The molecule has 92 valence electrons. The molecule has 1 atom stereocenters. The lowest BCUT2D eigenvalue weighted by molar-refractivity contribution is 0.0671. The van der Waals surface area contributed by atoms with Gasteiger partial charge in [-0.05, 0) is 12.1 Å². The number of nitrogens with zero attached hydrogens (tertiary/aromatic N) is 1. The molecule has 1 aliphatic heterocycles. The second-order valence-electron chi connectivity index (χ2n) is 3.78. The van der Waals surface area contributed by atoms with Crippen molar-refractivity contribution in [3.05, 3.63) is 41.8 Å². The zero-order chi connectivity index (χ0) is 12.5. The number of para-hydroxylation sites is 2. The smallest absolute Gasteiger partial charge is 0.358 e. The Hall–Kier alpha value is -2.50. The summed E-state index contributed by atoms with van der Waals surface area (Å²) in [5, 5.41) is 12.2. The van der Waals surface area contributed by atoms with Gasteiger partial charge < -0.3 is 19.1 Å². The molecule has 6 heteroatoms. The van der Waals surface area contributed by atoms with Crippen molar-refractivity contribution in [3.8, 4) is 11.5 Å². The van der Waals surface area contributed by atoms with E-state index in [-0.39, 0.29) is 12.3 Å². The summed E-state index contributed by atoms with van der Waals surface area (Å²) in [7, 11) is 0. The molecule has 3 rings (SSSR count). The molecule has 2 heterocycles. The first-order chi connectivity index (χ1) is 8.74. The van der Waals surface area contributed by atoms with Gasteiger partial charge in [0.25, 0.3) is 0 Å². The van der Waals surface area contributed by atoms with Crippen molar-refractivity contribution in [2.45, 2.75) is 6.10 Å². The van der Waals surface area contributed by atoms with Crippen LogP contribution in [0.1, 0.15) is 22.4 Å². The zero-order valence-corrected chi connectivity index (χ0v) is 9.20. The number of hydrogen-bond donors (Lipinski definition) is 1. The Morgan fingerprint density at radius 3 is 2.83 bits per heavy atom. The molecule has 0 aliphatic carbocycles. The van der Waals surface area contributed by atoms with Gasteiger partial charge in [-0.15, -0.1) is 0 Å². The van der Waals surface area contributed by atoms with Gasteiger partial charge in [0.15, 0.2) is 29.1 Å². The minimum atomic E-state index is -1.14. The van der Waals surface area contributed by atoms with Crippen molar-refractivity contribution in [1.29, 1.82) is 0 Å². The number of fused-ring (bicyclic) bond motifs is 1. The number of aromatic nitrogens is 1. The summed E-state index contributed by atoms with van der Waals surface area (Å²) in [6.07, 6.45) is -0.486. The lowest BCUT2D eigenvalue weighted by Crippen LogP contribution is -2.21. The maximum Gasteiger partial charge on any atom is 0.358 e. The number of carboxylic acids is 1. The highest BCUT2D eigenvalue weighted by molar-refractivity contribution is 5.85. The third kappa shape index (κ3) is 1.77. The predicted molar refractivity (Wildman–Crippen MR) is 58.8 cm³/mol. The molecule has 0 bridgehead atoms. The molecule has 1 aromatic heterocycles. The van der Waals surface area contributed by atoms with Crippen molar-refractivity contribution >= 4 is 5.97 Å². The molecular formula is C12H9NO5. The van der Waals surface area contributed by atoms with Crippen molar-refractivity contribution in [2.24, 2.45) is 0 Å². The van der Waals surface area contributed by atoms with Crippen LogP contribution in [0.5, 0.6) is 11.5 Å². The topological polar surface area (TPSA) is 81.8 Å². The quantitative estimate of drug-likeness (QED) is 0.872. The Bertz CT molecular complexity index is 592. The zero-order valence-electron chi connectivity index (χ0n) is 9.20. The van der Waals surface area contributed by atoms with Crippen molar-refractivity contribution in [2.75, 3.05) is 6.61 Å². The molecule has 1 aliphatic rings. The normalized spacial score (nSPS) is 17.4. The van der Waals surface area contributed by atoms with E-state index in [9.17, 15) is 4.79 Å². The minimum Gasteiger partial charge on any atom is -0.485 e. The summed E-state index contributed by atoms with van der Waals surface area (Å²) in [5.41, 5.74) is -0.146. The van der Waals surface area contributed by atoms with Crippen LogP contribution in [0.4, 0.5) is 0 Å². The molecule has 1 N–H and O–H groups in total. The fourth-order valence-corrected chi connectivity index (χ4v) is 1.70. The molecule has 0 radical (unpaired) electrons. The highest BCUT2D eigenvalue weighted by Crippen LogP contribution is 2.35. The molecular weight excluding hydrogens is 238 g/mol. The van der Waals surface area contributed by atoms with Gasteiger partial charge in [-0.25, -0.2) is 4.79 Å². The molecule has 1 unspecified atom stereocenters. The Labute approximate surface area is 102 Å². The fourth-order valence-electron chi connectivity index (χ4n) is 1.70. The summed E-state index contributed by atoms with van der Waals surface area (Å²) in [4.78, 5) is 10.7. The average Bonchev–Trinajstić information content (AvgIpc) is 2.88. The Morgan fingerprint density at radius 1 is 1.33 bits per heavy atom. The monoisotopic (exact) mass is 247 g/mol. The highest BCUT2D eigenvalue weighted by atomic mass is 16.6. The molecule has 18 heavy (non-hydrogen) atoms. The minimum absolute atomic E-state index is 0.146. The molecule has 1 aromatic carbocycles. The van der Waals surface area contributed by atoms with Gasteiger partial charge >= 0.3 is 5.97 Å². The van der Waals surface area contributed by atoms with E-state index in [2.05, 4.69) is 5.16 Å². The van der Waals surface area contributed by atoms with E-state index >= 15 is 0 Å². The van der Waals surface area contributed by atoms with Gasteiger partial charge in [0.2, 0.25) is 0 Å². The standard InChI is InChI=1S/C12H9NO5/c14-12(15)7-5-10(18-13-7)11-6-16-8-3-1-2-4-9(8)17-11/h1-5,11H,6H2,(H,14,15). The largest absolute Gasteiger partial charge is 0.485 e. The van der Waals surface area contributed by atoms with Crippen LogP contribution in [0, 0.1) is 0 Å². The molecule has 2 aromatic rings. The van der Waals surface area contributed by atoms with Crippen LogP contribution < -0.4 is 9.47 Å². The highest BCUT2D eigenvalue weighted by Gasteiger charge is 2.26. The first-order valence-corrected chi connectivity index (χ1v) is 5.32. The van der Waals surface area contributed by atoms with E-state index in [1.54, 1.807) is 12.1 Å². The Morgan fingerprint density at radius 2 is 2.11 bits per heavy atom. The van der Waals surface area contributed by atoms with Crippen LogP contribution in [0.3, 0.4) is 0 Å². The lowest BCUT2D eigenvalue weighted by Gasteiger charge is -2.24. The van der Waals surface area contributed by atoms with E-state index in [4.69, 9.17) is 19.1 Å². The van der Waals surface area contributed by atoms with Crippen LogP contribution in [0.15, 0.2) is 34.9 Å². The number of benzene rings is 1. The average molecular weight is 247 g/mol. The van der Waals surface area contributed by atoms with Crippen LogP contribution >= 0.6 is 0 Å². The molecule has 0 saturated heterocycles. The van der Waals surface area contributed by atoms with E-state index < -0.39 is 12.1 Å². The maximum absolute atomic E-state index is 10.7. The first kappa shape index (κ1) is 10.6. The maximum atomic E-state index is 10.7. The number of carboxylic acid groups (broad SMARTS) is 1. The number of aromatic carboxylic acids is 1. The van der Waals surface area contributed by atoms with Crippen molar-refractivity contribution in [3.63, 3.8) is 0 Å². The third-order valence-corrected chi connectivity index (χ3v) is 2.57. The molecule has 0 fully saturated rings. The van der Waals surface area contributed by atoms with Crippen LogP contribution in [-0.2, 0) is 0 Å². The molecule has 0 amide bonds. The van der Waals surface area contributed by atoms with Gasteiger partial charge in [0.1, 0.15) is 6.61 Å². The van der Waals surface area contributed by atoms with Crippen LogP contribution in [0.25, 0.3) is 0 Å². The van der Waals surface area contributed by atoms with Crippen molar-refractivity contribution < 1.29 is 23.9 Å². The summed E-state index contributed by atoms with van der Waals surface area (Å²) < 4.78 is 16.1. The summed E-state index contributed by atoms with van der Waals surface area (Å²) in [6.45, 7) is 0.255. The van der Waals surface area contributed by atoms with Crippen LogP contribution in [-0.4, -0.2) is 22.8 Å². The van der Waals surface area contributed by atoms with Gasteiger partial charge in [0.05, 0.1) is 0 Å². The Balaban J connectivity index is 1.85. The van der Waals surface area contributed by atoms with Crippen LogP contribution in [0.2, 0.25) is 0 Å². The number of ether oxygens (including phenoxy) is 2. The van der Waals surface area contributed by atoms with Gasteiger partial charge in [-0.1, -0.05) is 17.3 Å². The molecule has 0 saturated carbocycles. The number of carbonyl (C=O) groups is 1. The van der Waals surface area contributed by atoms with E-state index in [1.807, 2.05) is 12.1 Å². The lowest BCUT2D eigenvalue weighted by atomic mass is 10.2. The fraction of sp³-hybridized carbons (Fsp3) is 0.167. The second-order valence-corrected chi connectivity index (χ2v) is 3.78. The van der Waals surface area contributed by atoms with Gasteiger partial charge in [0, 0.05) is 6.07 Å². The Kier molecular flexibility index (Phi) is 2.40. The first-order valence-electron chi connectivity index (χ1n) is 5.32. The van der Waals surface area contributed by atoms with Gasteiger partial charge in [-0.2, -0.15) is 0 Å². The number of rotatable bonds is 2. The third-order valence-electron chi connectivity index (χ3n) is 2.57.